The first-order valence-electron chi connectivity index (χ1n) is 8.95. The molecule has 0 spiro atoms. The van der Waals surface area contributed by atoms with Gasteiger partial charge in [0.25, 0.3) is 5.89 Å². The molecule has 0 N–H and O–H groups in total. The third-order valence-corrected chi connectivity index (χ3v) is 5.65. The number of anilines is 1. The van der Waals surface area contributed by atoms with Crippen LogP contribution in [-0.4, -0.2) is 39.9 Å². The molecular weight excluding hydrogens is 388 g/mol. The zero-order chi connectivity index (χ0) is 19.6. The van der Waals surface area contributed by atoms with Crippen molar-refractivity contribution in [3.8, 4) is 11.6 Å². The van der Waals surface area contributed by atoms with Crippen LogP contribution in [0.5, 0.6) is 0 Å². The smallest absolute Gasteiger partial charge is 0.278 e. The van der Waals surface area contributed by atoms with E-state index in [0.717, 1.165) is 5.56 Å². The highest BCUT2D eigenvalue weighted by Crippen LogP contribution is 2.42. The molecule has 3 aromatic rings. The van der Waals surface area contributed by atoms with Crippen LogP contribution in [0.4, 0.5) is 14.6 Å². The van der Waals surface area contributed by atoms with Crippen molar-refractivity contribution in [1.82, 2.24) is 20.3 Å². The van der Waals surface area contributed by atoms with Gasteiger partial charge in [-0.15, -0.1) is 10.2 Å². The van der Waals surface area contributed by atoms with E-state index in [-0.39, 0.29) is 12.3 Å². The maximum absolute atomic E-state index is 14.0. The Morgan fingerprint density at radius 1 is 1.11 bits per heavy atom. The van der Waals surface area contributed by atoms with E-state index in [2.05, 4.69) is 20.3 Å². The second-order valence-electron chi connectivity index (χ2n) is 6.94. The summed E-state index contributed by atoms with van der Waals surface area (Å²) in [6, 6.07) is 10.7. The van der Waals surface area contributed by atoms with Gasteiger partial charge >= 0.3 is 0 Å². The minimum Gasteiger partial charge on any atom is -0.355 e. The molecule has 2 aromatic heterocycles. The topological polar surface area (TPSA) is 67.9 Å². The summed E-state index contributed by atoms with van der Waals surface area (Å²) in [4.78, 5) is 5.90. The van der Waals surface area contributed by atoms with E-state index in [1.54, 1.807) is 24.3 Å². The molecule has 0 radical (unpaired) electrons. The zero-order valence-electron chi connectivity index (χ0n) is 14.9. The Kier molecular flexibility index (Phi) is 5.21. The highest BCUT2D eigenvalue weighted by molar-refractivity contribution is 6.31. The van der Waals surface area contributed by atoms with Crippen molar-refractivity contribution >= 4 is 17.4 Å². The molecule has 4 rings (SSSR count). The molecule has 1 aromatic carbocycles. The molecule has 9 heteroatoms. The normalized spacial score (nSPS) is 16.5. The van der Waals surface area contributed by atoms with Crippen LogP contribution in [0.25, 0.3) is 11.6 Å². The SMILES string of the molecule is FC(F)C1(Cc2ccccc2Cl)CCN(c2ccc(-c3ncno3)nn2)CC1. The van der Waals surface area contributed by atoms with Crippen LogP contribution in [-0.2, 0) is 6.42 Å². The van der Waals surface area contributed by atoms with Gasteiger partial charge in [-0.25, -0.2) is 8.78 Å². The predicted molar refractivity (Wildman–Crippen MR) is 100 cm³/mol. The van der Waals surface area contributed by atoms with E-state index < -0.39 is 11.8 Å². The number of nitrogens with zero attached hydrogens (tertiary/aromatic N) is 5. The summed E-state index contributed by atoms with van der Waals surface area (Å²) in [6.45, 7) is 0.951. The van der Waals surface area contributed by atoms with Crippen LogP contribution >= 0.6 is 11.6 Å². The second kappa shape index (κ2) is 7.79. The van der Waals surface area contributed by atoms with Crippen LogP contribution < -0.4 is 4.90 Å². The van der Waals surface area contributed by atoms with E-state index in [4.69, 9.17) is 16.1 Å². The van der Waals surface area contributed by atoms with Crippen LogP contribution in [0.1, 0.15) is 18.4 Å². The number of halogens is 3. The van der Waals surface area contributed by atoms with Crippen molar-refractivity contribution in [1.29, 1.82) is 0 Å². The number of benzene rings is 1. The number of hydrogen-bond acceptors (Lipinski definition) is 6. The van der Waals surface area contributed by atoms with Crippen molar-refractivity contribution < 1.29 is 13.3 Å². The lowest BCUT2D eigenvalue weighted by molar-refractivity contribution is -0.0225. The van der Waals surface area contributed by atoms with Gasteiger partial charge in [-0.2, -0.15) is 4.98 Å². The molecule has 1 aliphatic heterocycles. The predicted octanol–water partition coefficient (Wildman–Crippen LogP) is 4.27. The van der Waals surface area contributed by atoms with Gasteiger partial charge in [0.05, 0.1) is 0 Å². The van der Waals surface area contributed by atoms with Crippen molar-refractivity contribution in [3.05, 3.63) is 53.3 Å². The van der Waals surface area contributed by atoms with Crippen molar-refractivity contribution in [3.63, 3.8) is 0 Å². The van der Waals surface area contributed by atoms with Crippen molar-refractivity contribution in [2.45, 2.75) is 25.7 Å². The molecule has 0 atom stereocenters. The fourth-order valence-corrected chi connectivity index (χ4v) is 3.77. The Labute approximate surface area is 165 Å². The average molecular weight is 406 g/mol. The van der Waals surface area contributed by atoms with Gasteiger partial charge in [-0.1, -0.05) is 35.0 Å². The first-order valence-corrected chi connectivity index (χ1v) is 9.32. The Bertz CT molecular complexity index is 912. The van der Waals surface area contributed by atoms with Gasteiger partial charge in [0.1, 0.15) is 0 Å². The molecule has 6 nitrogen and oxygen atoms in total. The number of piperidine rings is 1. The highest BCUT2D eigenvalue weighted by Gasteiger charge is 2.43. The van der Waals surface area contributed by atoms with E-state index >= 15 is 0 Å². The molecular formula is C19H18ClF2N5O. The lowest BCUT2D eigenvalue weighted by Crippen LogP contribution is -2.45. The van der Waals surface area contributed by atoms with Gasteiger partial charge in [0, 0.05) is 23.5 Å². The average Bonchev–Trinajstić information content (AvgIpc) is 3.25. The minimum absolute atomic E-state index is 0.264. The third-order valence-electron chi connectivity index (χ3n) is 5.28. The third kappa shape index (κ3) is 3.69. The molecule has 1 fully saturated rings. The van der Waals surface area contributed by atoms with Gasteiger partial charge < -0.3 is 9.42 Å². The molecule has 0 saturated carbocycles. The molecule has 3 heterocycles. The number of hydrogen-bond donors (Lipinski definition) is 0. The first kappa shape index (κ1) is 18.7. The maximum atomic E-state index is 14.0. The molecule has 0 aliphatic carbocycles. The largest absolute Gasteiger partial charge is 0.355 e. The summed E-state index contributed by atoms with van der Waals surface area (Å²) < 4.78 is 33.0. The van der Waals surface area contributed by atoms with Crippen molar-refractivity contribution in [2.75, 3.05) is 18.0 Å². The Morgan fingerprint density at radius 2 is 1.89 bits per heavy atom. The fourth-order valence-electron chi connectivity index (χ4n) is 3.57. The molecule has 146 valence electrons. The lowest BCUT2D eigenvalue weighted by atomic mass is 9.74. The van der Waals surface area contributed by atoms with Gasteiger partial charge in [0.2, 0.25) is 6.43 Å². The van der Waals surface area contributed by atoms with Crippen LogP contribution in [0, 0.1) is 5.41 Å². The van der Waals surface area contributed by atoms with Gasteiger partial charge in [-0.3, -0.25) is 0 Å². The molecule has 28 heavy (non-hydrogen) atoms. The Hall–Kier alpha value is -2.61. The summed E-state index contributed by atoms with van der Waals surface area (Å²) in [5.41, 5.74) is 0.152. The number of aromatic nitrogens is 4. The molecule has 0 amide bonds. The number of rotatable bonds is 5. The monoisotopic (exact) mass is 405 g/mol. The van der Waals surface area contributed by atoms with Crippen LogP contribution in [0.3, 0.4) is 0 Å². The van der Waals surface area contributed by atoms with Crippen molar-refractivity contribution in [2.24, 2.45) is 5.41 Å². The van der Waals surface area contributed by atoms with E-state index in [1.807, 2.05) is 17.0 Å². The summed E-state index contributed by atoms with van der Waals surface area (Å²) in [6.07, 6.45) is -0.165. The Morgan fingerprint density at radius 3 is 2.50 bits per heavy atom. The number of alkyl halides is 2. The van der Waals surface area contributed by atoms with Crippen LogP contribution in [0.2, 0.25) is 5.02 Å². The minimum atomic E-state index is -2.42. The summed E-state index contributed by atoms with van der Waals surface area (Å²) in [7, 11) is 0. The summed E-state index contributed by atoms with van der Waals surface area (Å²) >= 11 is 6.20. The van der Waals surface area contributed by atoms with E-state index in [0.29, 0.717) is 42.5 Å². The van der Waals surface area contributed by atoms with E-state index in [1.165, 1.54) is 6.33 Å². The maximum Gasteiger partial charge on any atom is 0.278 e. The Balaban J connectivity index is 1.47. The standard InChI is InChI=1S/C19H18ClF2N5O/c20-14-4-2-1-3-13(14)11-19(18(21)22)7-9-27(10-8-19)16-6-5-15(25-26-16)17-23-12-24-28-17/h1-6,12,18H,7-11H2. The lowest BCUT2D eigenvalue weighted by Gasteiger charge is -2.41. The first-order chi connectivity index (χ1) is 13.6. The van der Waals surface area contributed by atoms with Gasteiger partial charge in [0.15, 0.2) is 17.8 Å². The zero-order valence-corrected chi connectivity index (χ0v) is 15.7. The van der Waals surface area contributed by atoms with E-state index in [9.17, 15) is 8.78 Å². The fraction of sp³-hybridized carbons (Fsp3) is 0.368. The van der Waals surface area contributed by atoms with Crippen LogP contribution in [0.15, 0.2) is 47.2 Å². The molecule has 0 unspecified atom stereocenters. The van der Waals surface area contributed by atoms with Gasteiger partial charge in [-0.05, 0) is 43.0 Å². The molecule has 1 aliphatic rings. The quantitative estimate of drug-likeness (QED) is 0.631. The summed E-state index contributed by atoms with van der Waals surface area (Å²) in [5.74, 6) is 0.929. The molecule has 1 saturated heterocycles. The summed E-state index contributed by atoms with van der Waals surface area (Å²) in [5, 5.41) is 12.4. The second-order valence-corrected chi connectivity index (χ2v) is 7.35. The molecule has 0 bridgehead atoms. The highest BCUT2D eigenvalue weighted by atomic mass is 35.5.